The van der Waals surface area contributed by atoms with Crippen LogP contribution in [0.1, 0.15) is 15.2 Å². The number of carbonyl (C=O) groups excluding carboxylic acids is 1. The Labute approximate surface area is 181 Å². The van der Waals surface area contributed by atoms with Crippen molar-refractivity contribution in [2.24, 2.45) is 14.1 Å². The number of rotatable bonds is 5. The number of nitrogens with zero attached hydrogens (tertiary/aromatic N) is 4. The van der Waals surface area contributed by atoms with Gasteiger partial charge in [-0.1, -0.05) is 6.07 Å². The maximum absolute atomic E-state index is 13.5. The summed E-state index contributed by atoms with van der Waals surface area (Å²) in [6.45, 7) is 0.367. The van der Waals surface area contributed by atoms with Crippen molar-refractivity contribution in [2.45, 2.75) is 6.54 Å². The van der Waals surface area contributed by atoms with Crippen molar-refractivity contribution in [1.29, 1.82) is 0 Å². The van der Waals surface area contributed by atoms with Gasteiger partial charge in [0.1, 0.15) is 11.4 Å². The summed E-state index contributed by atoms with van der Waals surface area (Å²) in [5.74, 6) is 0.382. The third-order valence-corrected chi connectivity index (χ3v) is 5.92. The molecule has 4 aromatic rings. The Kier molecular flexibility index (Phi) is 5.43. The highest BCUT2D eigenvalue weighted by atomic mass is 32.1. The molecule has 0 aliphatic rings. The Morgan fingerprint density at radius 2 is 1.87 bits per heavy atom. The topological polar surface area (TPSA) is 86.4 Å². The Morgan fingerprint density at radius 1 is 1.13 bits per heavy atom. The van der Waals surface area contributed by atoms with Crippen LogP contribution in [0.5, 0.6) is 5.75 Å². The fourth-order valence-corrected chi connectivity index (χ4v) is 4.03. The second kappa shape index (κ2) is 8.19. The number of ether oxygens (including phenoxy) is 1. The molecule has 3 aromatic heterocycles. The fourth-order valence-electron chi connectivity index (χ4n) is 3.34. The van der Waals surface area contributed by atoms with Gasteiger partial charge in [0.2, 0.25) is 0 Å². The molecule has 4 rings (SSSR count). The lowest BCUT2D eigenvalue weighted by molar-refractivity contribution is 0.0985. The van der Waals surface area contributed by atoms with Gasteiger partial charge in [0.05, 0.1) is 24.6 Å². The molecule has 9 heteroatoms. The van der Waals surface area contributed by atoms with Crippen LogP contribution in [0.2, 0.25) is 0 Å². The van der Waals surface area contributed by atoms with Crippen LogP contribution in [0.4, 0.5) is 5.69 Å². The normalized spacial score (nSPS) is 10.9. The van der Waals surface area contributed by atoms with Crippen LogP contribution in [0.15, 0.2) is 63.6 Å². The zero-order valence-corrected chi connectivity index (χ0v) is 18.0. The van der Waals surface area contributed by atoms with E-state index in [1.807, 2.05) is 29.6 Å². The quantitative estimate of drug-likeness (QED) is 0.480. The second-order valence-corrected chi connectivity index (χ2v) is 8.00. The van der Waals surface area contributed by atoms with E-state index in [9.17, 15) is 14.4 Å². The SMILES string of the molecule is COc1ccc(N(Cc2cccs2)C(=O)c2cnc3c(c2)c(=O)n(C)c(=O)n3C)cc1. The first kappa shape index (κ1) is 20.5. The number of methoxy groups -OCH3 is 1. The van der Waals surface area contributed by atoms with E-state index in [4.69, 9.17) is 4.74 Å². The average molecular weight is 436 g/mol. The molecule has 0 N–H and O–H groups in total. The molecular weight excluding hydrogens is 416 g/mol. The van der Waals surface area contributed by atoms with Crippen LogP contribution in [0, 0.1) is 0 Å². The first-order valence-corrected chi connectivity index (χ1v) is 10.3. The molecule has 1 amide bonds. The van der Waals surface area contributed by atoms with Gasteiger partial charge in [0.25, 0.3) is 11.5 Å². The van der Waals surface area contributed by atoms with Crippen LogP contribution < -0.4 is 20.9 Å². The first-order valence-electron chi connectivity index (χ1n) is 9.44. The summed E-state index contributed by atoms with van der Waals surface area (Å²) >= 11 is 1.55. The number of aryl methyl sites for hydroxylation is 1. The van der Waals surface area contributed by atoms with Crippen molar-refractivity contribution in [2.75, 3.05) is 12.0 Å². The predicted molar refractivity (Wildman–Crippen MR) is 120 cm³/mol. The zero-order chi connectivity index (χ0) is 22.1. The third-order valence-electron chi connectivity index (χ3n) is 5.06. The Morgan fingerprint density at radius 3 is 2.52 bits per heavy atom. The molecule has 31 heavy (non-hydrogen) atoms. The van der Waals surface area contributed by atoms with E-state index in [-0.39, 0.29) is 22.5 Å². The maximum atomic E-state index is 13.5. The number of anilines is 1. The Balaban J connectivity index is 1.81. The monoisotopic (exact) mass is 436 g/mol. The largest absolute Gasteiger partial charge is 0.497 e. The minimum absolute atomic E-state index is 0.209. The van der Waals surface area contributed by atoms with Gasteiger partial charge in [-0.15, -0.1) is 11.3 Å². The van der Waals surface area contributed by atoms with Gasteiger partial charge >= 0.3 is 5.69 Å². The molecule has 0 radical (unpaired) electrons. The molecule has 0 atom stereocenters. The Bertz CT molecular complexity index is 1370. The number of thiophene rings is 1. The van der Waals surface area contributed by atoms with Crippen molar-refractivity contribution in [3.8, 4) is 5.75 Å². The maximum Gasteiger partial charge on any atom is 0.332 e. The molecule has 0 unspecified atom stereocenters. The first-order chi connectivity index (χ1) is 14.9. The molecule has 0 bridgehead atoms. The summed E-state index contributed by atoms with van der Waals surface area (Å²) in [4.78, 5) is 45.1. The highest BCUT2D eigenvalue weighted by molar-refractivity contribution is 7.09. The van der Waals surface area contributed by atoms with E-state index in [1.165, 1.54) is 23.9 Å². The Hall–Kier alpha value is -3.72. The lowest BCUT2D eigenvalue weighted by atomic mass is 10.1. The number of carbonyl (C=O) groups is 1. The van der Waals surface area contributed by atoms with Crippen molar-refractivity contribution < 1.29 is 9.53 Å². The number of aromatic nitrogens is 3. The fraction of sp³-hybridized carbons (Fsp3) is 0.182. The standard InChI is InChI=1S/C22H20N4O4S/c1-24-19-18(21(28)25(2)22(24)29)11-14(12-23-19)20(27)26(13-17-5-4-10-31-17)15-6-8-16(30-3)9-7-15/h4-12H,13H2,1-3H3. The number of benzene rings is 1. The highest BCUT2D eigenvalue weighted by Gasteiger charge is 2.21. The van der Waals surface area contributed by atoms with Crippen molar-refractivity contribution in [3.63, 3.8) is 0 Å². The van der Waals surface area contributed by atoms with Crippen LogP contribution in [-0.4, -0.2) is 27.1 Å². The molecule has 1 aromatic carbocycles. The second-order valence-electron chi connectivity index (χ2n) is 6.97. The average Bonchev–Trinajstić information content (AvgIpc) is 3.32. The summed E-state index contributed by atoms with van der Waals surface area (Å²) < 4.78 is 7.51. The van der Waals surface area contributed by atoms with E-state index in [0.717, 1.165) is 9.44 Å². The minimum Gasteiger partial charge on any atom is -0.497 e. The lowest BCUT2D eigenvalue weighted by Gasteiger charge is -2.23. The van der Waals surface area contributed by atoms with E-state index in [0.29, 0.717) is 18.0 Å². The van der Waals surface area contributed by atoms with Gasteiger partial charge < -0.3 is 9.64 Å². The summed E-state index contributed by atoms with van der Waals surface area (Å²) in [5, 5.41) is 2.16. The summed E-state index contributed by atoms with van der Waals surface area (Å²) in [5.41, 5.74) is 0.221. The molecule has 0 saturated carbocycles. The van der Waals surface area contributed by atoms with Gasteiger partial charge in [-0.05, 0) is 41.8 Å². The molecule has 0 aliphatic heterocycles. The summed E-state index contributed by atoms with van der Waals surface area (Å²) in [6.07, 6.45) is 1.40. The van der Waals surface area contributed by atoms with Crippen molar-refractivity contribution in [3.05, 3.63) is 85.3 Å². The molecule has 3 heterocycles. The molecule has 0 saturated heterocycles. The predicted octanol–water partition coefficient (Wildman–Crippen LogP) is 2.55. The summed E-state index contributed by atoms with van der Waals surface area (Å²) in [7, 11) is 4.52. The van der Waals surface area contributed by atoms with E-state index >= 15 is 0 Å². The molecular formula is C22H20N4O4S. The molecule has 8 nitrogen and oxygen atoms in total. The van der Waals surface area contributed by atoms with Crippen LogP contribution >= 0.6 is 11.3 Å². The van der Waals surface area contributed by atoms with Crippen LogP contribution in [-0.2, 0) is 20.6 Å². The van der Waals surface area contributed by atoms with Crippen LogP contribution in [0.25, 0.3) is 11.0 Å². The van der Waals surface area contributed by atoms with E-state index < -0.39 is 11.2 Å². The number of amides is 1. The summed E-state index contributed by atoms with van der Waals surface area (Å²) in [6, 6.07) is 12.6. The molecule has 0 spiro atoms. The van der Waals surface area contributed by atoms with Gasteiger partial charge in [-0.25, -0.2) is 9.78 Å². The number of hydrogen-bond acceptors (Lipinski definition) is 6. The van der Waals surface area contributed by atoms with E-state index in [1.54, 1.807) is 42.5 Å². The van der Waals surface area contributed by atoms with E-state index in [2.05, 4.69) is 4.98 Å². The van der Waals surface area contributed by atoms with Gasteiger partial charge in [0, 0.05) is 30.9 Å². The van der Waals surface area contributed by atoms with Gasteiger partial charge in [-0.2, -0.15) is 0 Å². The number of hydrogen-bond donors (Lipinski definition) is 0. The number of fused-ring (bicyclic) bond motifs is 1. The molecule has 0 fully saturated rings. The highest BCUT2D eigenvalue weighted by Crippen LogP contribution is 2.25. The minimum atomic E-state index is -0.491. The van der Waals surface area contributed by atoms with Crippen LogP contribution in [0.3, 0.4) is 0 Å². The number of pyridine rings is 1. The van der Waals surface area contributed by atoms with Gasteiger partial charge in [-0.3, -0.25) is 18.7 Å². The van der Waals surface area contributed by atoms with Crippen molar-refractivity contribution >= 4 is 34.0 Å². The van der Waals surface area contributed by atoms with Gasteiger partial charge in [0.15, 0.2) is 0 Å². The zero-order valence-electron chi connectivity index (χ0n) is 17.2. The molecule has 158 valence electrons. The smallest absolute Gasteiger partial charge is 0.332 e. The molecule has 0 aliphatic carbocycles. The third kappa shape index (κ3) is 3.75. The lowest BCUT2D eigenvalue weighted by Crippen LogP contribution is -2.37. The van der Waals surface area contributed by atoms with Crippen molar-refractivity contribution in [1.82, 2.24) is 14.1 Å².